The maximum atomic E-state index is 11.9. The Labute approximate surface area is 133 Å². The lowest BCUT2D eigenvalue weighted by molar-refractivity contribution is 0.104. The number of H-pyrrole nitrogens is 1. The number of ether oxygens (including phenoxy) is 1. The van der Waals surface area contributed by atoms with Crippen LogP contribution in [0.5, 0.6) is 0 Å². The standard InChI is InChI=1S/C14H18ClN5O2/c1-9(13-17-8-18-20-13)19-14(21)16-7-12(22-2)10-5-3-4-6-11(10)15/h3-6,8-9,12H,7H2,1-2H3,(H2,16,19,21)(H,17,18,20)/t9-,12+/m1/s1. The Morgan fingerprint density at radius 2 is 2.23 bits per heavy atom. The van der Waals surface area contributed by atoms with Gasteiger partial charge >= 0.3 is 6.03 Å². The van der Waals surface area contributed by atoms with Crippen molar-refractivity contribution in [3.63, 3.8) is 0 Å². The van der Waals surface area contributed by atoms with Gasteiger partial charge in [0.05, 0.1) is 6.04 Å². The van der Waals surface area contributed by atoms with Crippen molar-refractivity contribution in [2.24, 2.45) is 0 Å². The predicted molar refractivity (Wildman–Crippen MR) is 82.5 cm³/mol. The van der Waals surface area contributed by atoms with Crippen LogP contribution in [0.15, 0.2) is 30.6 Å². The first-order chi connectivity index (χ1) is 10.6. The number of hydrogen-bond acceptors (Lipinski definition) is 4. The summed E-state index contributed by atoms with van der Waals surface area (Å²) < 4.78 is 5.39. The smallest absolute Gasteiger partial charge is 0.315 e. The van der Waals surface area contributed by atoms with Gasteiger partial charge in [-0.15, -0.1) is 0 Å². The van der Waals surface area contributed by atoms with Crippen LogP contribution in [0, 0.1) is 0 Å². The van der Waals surface area contributed by atoms with E-state index < -0.39 is 0 Å². The van der Waals surface area contributed by atoms with Gasteiger partial charge in [-0.05, 0) is 13.0 Å². The minimum absolute atomic E-state index is 0.274. The number of amides is 2. The number of nitrogens with one attached hydrogen (secondary N) is 3. The fourth-order valence-electron chi connectivity index (χ4n) is 1.98. The molecule has 1 heterocycles. The second kappa shape index (κ2) is 7.77. The minimum Gasteiger partial charge on any atom is -0.375 e. The van der Waals surface area contributed by atoms with Crippen LogP contribution < -0.4 is 10.6 Å². The van der Waals surface area contributed by atoms with Crippen molar-refractivity contribution in [2.45, 2.75) is 19.1 Å². The van der Waals surface area contributed by atoms with Gasteiger partial charge in [-0.3, -0.25) is 5.10 Å². The number of rotatable bonds is 6. The molecule has 0 saturated heterocycles. The molecule has 0 spiro atoms. The third-order valence-electron chi connectivity index (χ3n) is 3.18. The largest absolute Gasteiger partial charge is 0.375 e. The van der Waals surface area contributed by atoms with E-state index in [1.165, 1.54) is 6.33 Å². The minimum atomic E-state index is -0.321. The Morgan fingerprint density at radius 3 is 2.86 bits per heavy atom. The number of carbonyl (C=O) groups excluding carboxylic acids is 1. The number of benzene rings is 1. The maximum absolute atomic E-state index is 11.9. The topological polar surface area (TPSA) is 91.9 Å². The summed E-state index contributed by atoms with van der Waals surface area (Å²) in [7, 11) is 1.57. The van der Waals surface area contributed by atoms with E-state index in [1.54, 1.807) is 13.2 Å². The fraction of sp³-hybridized carbons (Fsp3) is 0.357. The van der Waals surface area contributed by atoms with Gasteiger partial charge in [0.2, 0.25) is 0 Å². The van der Waals surface area contributed by atoms with Crippen LogP contribution in [0.25, 0.3) is 0 Å². The van der Waals surface area contributed by atoms with Crippen LogP contribution >= 0.6 is 11.6 Å². The number of nitrogens with zero attached hydrogens (tertiary/aromatic N) is 2. The summed E-state index contributed by atoms with van der Waals surface area (Å²) >= 11 is 6.14. The zero-order chi connectivity index (χ0) is 15.9. The molecular formula is C14H18ClN5O2. The van der Waals surface area contributed by atoms with Crippen LogP contribution in [0.3, 0.4) is 0 Å². The second-order valence-electron chi connectivity index (χ2n) is 4.69. The number of urea groups is 1. The van der Waals surface area contributed by atoms with E-state index in [-0.39, 0.29) is 18.2 Å². The molecular weight excluding hydrogens is 306 g/mol. The van der Waals surface area contributed by atoms with Gasteiger partial charge in [0.1, 0.15) is 18.3 Å². The highest BCUT2D eigenvalue weighted by atomic mass is 35.5. The molecule has 2 rings (SSSR count). The van der Waals surface area contributed by atoms with E-state index in [9.17, 15) is 4.79 Å². The first-order valence-corrected chi connectivity index (χ1v) is 7.16. The summed E-state index contributed by atoms with van der Waals surface area (Å²) in [4.78, 5) is 15.9. The average molecular weight is 324 g/mol. The molecule has 0 fully saturated rings. The van der Waals surface area contributed by atoms with Crippen molar-refractivity contribution in [1.82, 2.24) is 25.8 Å². The number of carbonyl (C=O) groups is 1. The molecule has 3 N–H and O–H groups in total. The first kappa shape index (κ1) is 16.3. The van der Waals surface area contributed by atoms with Crippen LogP contribution in [0.4, 0.5) is 4.79 Å². The summed E-state index contributed by atoms with van der Waals surface area (Å²) in [5, 5.41) is 12.6. The van der Waals surface area contributed by atoms with E-state index in [2.05, 4.69) is 25.8 Å². The Bertz CT molecular complexity index is 605. The van der Waals surface area contributed by atoms with Crippen LogP contribution in [-0.4, -0.2) is 34.9 Å². The van der Waals surface area contributed by atoms with Crippen molar-refractivity contribution >= 4 is 17.6 Å². The van der Waals surface area contributed by atoms with E-state index in [4.69, 9.17) is 16.3 Å². The van der Waals surface area contributed by atoms with Gasteiger partial charge in [0.15, 0.2) is 0 Å². The lowest BCUT2D eigenvalue weighted by Gasteiger charge is -2.19. The third kappa shape index (κ3) is 4.19. The third-order valence-corrected chi connectivity index (χ3v) is 3.52. The molecule has 0 aliphatic carbocycles. The van der Waals surface area contributed by atoms with Crippen molar-refractivity contribution in [2.75, 3.05) is 13.7 Å². The molecule has 2 amide bonds. The Morgan fingerprint density at radius 1 is 1.45 bits per heavy atom. The number of methoxy groups -OCH3 is 1. The highest BCUT2D eigenvalue weighted by molar-refractivity contribution is 6.31. The van der Waals surface area contributed by atoms with Crippen LogP contribution in [0.2, 0.25) is 5.02 Å². The monoisotopic (exact) mass is 323 g/mol. The maximum Gasteiger partial charge on any atom is 0.315 e. The molecule has 0 aliphatic heterocycles. The Balaban J connectivity index is 1.88. The zero-order valence-electron chi connectivity index (χ0n) is 12.3. The number of aromatic amines is 1. The molecule has 1 aromatic heterocycles. The Kier molecular flexibility index (Phi) is 5.74. The van der Waals surface area contributed by atoms with Crippen LogP contribution in [0.1, 0.15) is 30.5 Å². The molecule has 22 heavy (non-hydrogen) atoms. The molecule has 0 bridgehead atoms. The molecule has 1 aromatic carbocycles. The number of aromatic nitrogens is 3. The summed E-state index contributed by atoms with van der Waals surface area (Å²) in [5.41, 5.74) is 0.829. The zero-order valence-corrected chi connectivity index (χ0v) is 13.1. The van der Waals surface area contributed by atoms with Gasteiger partial charge in [0.25, 0.3) is 0 Å². The molecule has 0 radical (unpaired) electrons. The first-order valence-electron chi connectivity index (χ1n) is 6.78. The average Bonchev–Trinajstić information content (AvgIpc) is 3.04. The van der Waals surface area contributed by atoms with E-state index >= 15 is 0 Å². The van der Waals surface area contributed by atoms with Crippen molar-refractivity contribution in [3.05, 3.63) is 47.0 Å². The number of hydrogen-bond donors (Lipinski definition) is 3. The Hall–Kier alpha value is -2.12. The molecule has 0 unspecified atom stereocenters. The summed E-state index contributed by atoms with van der Waals surface area (Å²) in [6, 6.07) is 6.78. The second-order valence-corrected chi connectivity index (χ2v) is 5.10. The lowest BCUT2D eigenvalue weighted by Crippen LogP contribution is -2.39. The van der Waals surface area contributed by atoms with Crippen molar-refractivity contribution < 1.29 is 9.53 Å². The van der Waals surface area contributed by atoms with Crippen LogP contribution in [-0.2, 0) is 4.74 Å². The molecule has 118 valence electrons. The van der Waals surface area contributed by atoms with Crippen molar-refractivity contribution in [3.8, 4) is 0 Å². The SMILES string of the molecule is CO[C@@H](CNC(=O)N[C@H](C)c1ncn[nH]1)c1ccccc1Cl. The molecule has 2 atom stereocenters. The highest BCUT2D eigenvalue weighted by Crippen LogP contribution is 2.24. The fourth-order valence-corrected chi connectivity index (χ4v) is 2.24. The molecule has 0 aliphatic rings. The van der Waals surface area contributed by atoms with Gasteiger partial charge in [-0.2, -0.15) is 5.10 Å². The summed E-state index contributed by atoms with van der Waals surface area (Å²) in [5.74, 6) is 0.588. The number of halogens is 1. The van der Waals surface area contributed by atoms with E-state index in [0.717, 1.165) is 5.56 Å². The molecule has 8 heteroatoms. The summed E-state index contributed by atoms with van der Waals surface area (Å²) in [6.45, 7) is 2.11. The highest BCUT2D eigenvalue weighted by Gasteiger charge is 2.16. The quantitative estimate of drug-likeness (QED) is 0.760. The van der Waals surface area contributed by atoms with Gasteiger partial charge < -0.3 is 15.4 Å². The normalized spacial score (nSPS) is 13.4. The van der Waals surface area contributed by atoms with E-state index in [1.807, 2.05) is 25.1 Å². The lowest BCUT2D eigenvalue weighted by atomic mass is 10.1. The molecule has 2 aromatic rings. The van der Waals surface area contributed by atoms with Crippen molar-refractivity contribution in [1.29, 1.82) is 0 Å². The summed E-state index contributed by atoms with van der Waals surface area (Å²) in [6.07, 6.45) is 1.07. The van der Waals surface area contributed by atoms with Gasteiger partial charge in [0, 0.05) is 24.2 Å². The predicted octanol–water partition coefficient (Wildman–Crippen LogP) is 2.21. The van der Waals surface area contributed by atoms with E-state index in [0.29, 0.717) is 17.4 Å². The van der Waals surface area contributed by atoms with Gasteiger partial charge in [-0.25, -0.2) is 9.78 Å². The molecule has 0 saturated carbocycles. The molecule has 7 nitrogen and oxygen atoms in total. The van der Waals surface area contributed by atoms with Gasteiger partial charge in [-0.1, -0.05) is 29.8 Å².